The first-order valence-corrected chi connectivity index (χ1v) is 9.78. The summed E-state index contributed by atoms with van der Waals surface area (Å²) in [5.74, 6) is 0. The Morgan fingerprint density at radius 3 is 1.45 bits per heavy atom. The lowest BCUT2D eigenvalue weighted by Crippen LogP contribution is -1.99. The molecule has 0 atom stereocenters. The number of carbonyl (C=O) groups excluding carboxylic acids is 1. The molecule has 0 aliphatic carbocycles. The molecule has 0 saturated carbocycles. The van der Waals surface area contributed by atoms with Gasteiger partial charge in [0, 0.05) is 34.0 Å². The van der Waals surface area contributed by atoms with E-state index in [1.165, 1.54) is 28.4 Å². The van der Waals surface area contributed by atoms with Crippen LogP contribution in [0.1, 0.15) is 21.5 Å². The highest BCUT2D eigenvalue weighted by Gasteiger charge is 2.25. The number of benzene rings is 1. The van der Waals surface area contributed by atoms with Gasteiger partial charge in [0.05, 0.1) is 12.3 Å². The predicted molar refractivity (Wildman–Crippen MR) is 82.5 cm³/mol. The highest BCUT2D eigenvalue weighted by atomic mass is 31.2. The molecule has 1 aromatic carbocycles. The molecule has 0 fully saturated rings. The topological polar surface area (TPSA) is 88.1 Å². The normalized spacial score (nSPS) is 12.4. The second-order valence-electron chi connectivity index (χ2n) is 4.47. The van der Waals surface area contributed by atoms with Gasteiger partial charge in [0.2, 0.25) is 0 Å². The first-order valence-electron chi connectivity index (χ1n) is 6.32. The molecule has 0 amide bonds. The van der Waals surface area contributed by atoms with Crippen LogP contribution >= 0.6 is 15.2 Å². The van der Waals surface area contributed by atoms with Crippen molar-refractivity contribution >= 4 is 21.5 Å². The van der Waals surface area contributed by atoms with E-state index in [-0.39, 0.29) is 12.3 Å². The highest BCUT2D eigenvalue weighted by Crippen LogP contribution is 2.51. The minimum atomic E-state index is -3.27. The Hall–Kier alpha value is -0.810. The Morgan fingerprint density at radius 1 is 0.818 bits per heavy atom. The smallest absolute Gasteiger partial charge is 0.312 e. The van der Waals surface area contributed by atoms with Gasteiger partial charge in [-0.25, -0.2) is 0 Å². The van der Waals surface area contributed by atoms with Crippen molar-refractivity contribution in [1.29, 1.82) is 0 Å². The van der Waals surface area contributed by atoms with Gasteiger partial charge in [-0.1, -0.05) is 6.07 Å². The third-order valence-electron chi connectivity index (χ3n) is 3.08. The number of aldehydes is 1. The fourth-order valence-corrected chi connectivity index (χ4v) is 3.97. The molecule has 22 heavy (non-hydrogen) atoms. The Kier molecular flexibility index (Phi) is 7.13. The summed E-state index contributed by atoms with van der Waals surface area (Å²) < 4.78 is 43.9. The predicted octanol–water partition coefficient (Wildman–Crippen LogP) is 3.47. The van der Waals surface area contributed by atoms with Crippen molar-refractivity contribution in [1.82, 2.24) is 0 Å². The fraction of sp³-hybridized carbons (Fsp3) is 0.462. The summed E-state index contributed by atoms with van der Waals surface area (Å²) in [5.41, 5.74) is 1.51. The van der Waals surface area contributed by atoms with E-state index in [9.17, 15) is 13.9 Å². The van der Waals surface area contributed by atoms with Crippen LogP contribution in [0.25, 0.3) is 0 Å². The molecule has 0 aliphatic heterocycles. The van der Waals surface area contributed by atoms with Crippen LogP contribution in [0, 0.1) is 0 Å². The van der Waals surface area contributed by atoms with Crippen LogP contribution < -0.4 is 0 Å². The van der Waals surface area contributed by atoms with Gasteiger partial charge in [-0.3, -0.25) is 13.9 Å². The average molecular weight is 350 g/mol. The second kappa shape index (κ2) is 8.16. The summed E-state index contributed by atoms with van der Waals surface area (Å²) in [4.78, 5) is 11.1. The van der Waals surface area contributed by atoms with Gasteiger partial charge in [-0.05, 0) is 23.3 Å². The third-order valence-corrected chi connectivity index (χ3v) is 6.81. The first-order chi connectivity index (χ1) is 10.3. The Bertz CT molecular complexity index is 552. The van der Waals surface area contributed by atoms with Crippen molar-refractivity contribution in [3.63, 3.8) is 0 Å². The molecule has 1 rings (SSSR count). The summed E-state index contributed by atoms with van der Waals surface area (Å²) in [5, 5.41) is 0. The number of hydrogen-bond donors (Lipinski definition) is 0. The van der Waals surface area contributed by atoms with Gasteiger partial charge in [0.1, 0.15) is 6.29 Å². The maximum absolute atomic E-state index is 12.2. The minimum absolute atomic E-state index is 0.00105. The molecule has 0 aliphatic rings. The minimum Gasteiger partial charge on any atom is -0.312 e. The van der Waals surface area contributed by atoms with E-state index in [4.69, 9.17) is 18.1 Å². The molecule has 0 radical (unpaired) electrons. The lowest BCUT2D eigenvalue weighted by molar-refractivity contribution is 0.112. The number of rotatable bonds is 9. The van der Waals surface area contributed by atoms with Gasteiger partial charge < -0.3 is 18.1 Å². The molecule has 0 N–H and O–H groups in total. The maximum atomic E-state index is 12.2. The lowest BCUT2D eigenvalue weighted by Gasteiger charge is -2.16. The Labute approximate surface area is 130 Å². The van der Waals surface area contributed by atoms with E-state index in [1.54, 1.807) is 18.2 Å². The number of hydrogen-bond acceptors (Lipinski definition) is 7. The van der Waals surface area contributed by atoms with E-state index in [0.29, 0.717) is 23.0 Å². The van der Waals surface area contributed by atoms with Crippen LogP contribution in [0.5, 0.6) is 0 Å². The van der Waals surface area contributed by atoms with Gasteiger partial charge in [0.25, 0.3) is 0 Å². The van der Waals surface area contributed by atoms with Crippen molar-refractivity contribution in [2.75, 3.05) is 28.4 Å². The quantitative estimate of drug-likeness (QED) is 0.498. The van der Waals surface area contributed by atoms with Gasteiger partial charge in [0.15, 0.2) is 0 Å². The largest absolute Gasteiger partial charge is 0.334 e. The first kappa shape index (κ1) is 19.2. The molecule has 9 heteroatoms. The van der Waals surface area contributed by atoms with Crippen LogP contribution in [0.4, 0.5) is 0 Å². The Balaban J connectivity index is 3.16. The molecule has 0 saturated heterocycles. The maximum Gasteiger partial charge on any atom is 0.334 e. The molecule has 0 bridgehead atoms. The van der Waals surface area contributed by atoms with Crippen molar-refractivity contribution in [2.45, 2.75) is 12.3 Å². The lowest BCUT2D eigenvalue weighted by atomic mass is 10.1. The van der Waals surface area contributed by atoms with E-state index in [0.717, 1.165) is 0 Å². The van der Waals surface area contributed by atoms with Crippen LogP contribution in [0.15, 0.2) is 18.2 Å². The SMILES string of the molecule is COP(=O)(Cc1cc(C=O)cc(CP(=O)(OC)OC)c1)OC. The molecule has 7 nitrogen and oxygen atoms in total. The molecule has 0 spiro atoms. The molecule has 0 aromatic heterocycles. The standard InChI is InChI=1S/C13H20O7P2/c1-17-21(15,18-2)9-12-5-11(8-14)6-13(7-12)10-22(16,19-3)20-4/h5-8H,9-10H2,1-4H3. The van der Waals surface area contributed by atoms with Gasteiger partial charge in [-0.2, -0.15) is 0 Å². The van der Waals surface area contributed by atoms with E-state index < -0.39 is 15.2 Å². The van der Waals surface area contributed by atoms with E-state index >= 15 is 0 Å². The van der Waals surface area contributed by atoms with Crippen molar-refractivity contribution in [2.24, 2.45) is 0 Å². The molecule has 124 valence electrons. The molecular formula is C13H20O7P2. The van der Waals surface area contributed by atoms with E-state index in [2.05, 4.69) is 0 Å². The zero-order valence-corrected chi connectivity index (χ0v) is 14.8. The molecule has 0 heterocycles. The summed E-state index contributed by atoms with van der Waals surface area (Å²) in [6.45, 7) is 0. The van der Waals surface area contributed by atoms with Crippen LogP contribution in [0.2, 0.25) is 0 Å². The number of carbonyl (C=O) groups is 1. The van der Waals surface area contributed by atoms with Crippen molar-refractivity contribution in [3.8, 4) is 0 Å². The average Bonchev–Trinajstić information content (AvgIpc) is 2.54. The Morgan fingerprint density at radius 2 is 1.18 bits per heavy atom. The molecule has 1 aromatic rings. The van der Waals surface area contributed by atoms with Crippen molar-refractivity contribution in [3.05, 3.63) is 34.9 Å². The second-order valence-corrected chi connectivity index (χ2v) is 9.01. The van der Waals surface area contributed by atoms with Crippen molar-refractivity contribution < 1.29 is 32.0 Å². The fourth-order valence-electron chi connectivity index (χ4n) is 1.90. The zero-order chi connectivity index (χ0) is 16.8. The molecular weight excluding hydrogens is 330 g/mol. The summed E-state index contributed by atoms with van der Waals surface area (Å²) in [6.07, 6.45) is 0.653. The zero-order valence-electron chi connectivity index (χ0n) is 13.0. The van der Waals surface area contributed by atoms with Crippen LogP contribution in [0.3, 0.4) is 0 Å². The molecule has 0 unspecified atom stereocenters. The van der Waals surface area contributed by atoms with Gasteiger partial charge in [-0.15, -0.1) is 0 Å². The summed E-state index contributed by atoms with van der Waals surface area (Å²) >= 11 is 0. The highest BCUT2D eigenvalue weighted by molar-refractivity contribution is 7.53. The monoisotopic (exact) mass is 350 g/mol. The summed E-state index contributed by atoms with van der Waals surface area (Å²) in [7, 11) is -1.37. The third kappa shape index (κ3) is 5.13. The van der Waals surface area contributed by atoms with Crippen LogP contribution in [-0.2, 0) is 39.5 Å². The van der Waals surface area contributed by atoms with Gasteiger partial charge >= 0.3 is 15.2 Å². The summed E-state index contributed by atoms with van der Waals surface area (Å²) in [6, 6.07) is 4.82. The van der Waals surface area contributed by atoms with Crippen LogP contribution in [-0.4, -0.2) is 34.7 Å². The van der Waals surface area contributed by atoms with E-state index in [1.807, 2.05) is 0 Å².